The van der Waals surface area contributed by atoms with Gasteiger partial charge in [0.2, 0.25) is 0 Å². The monoisotopic (exact) mass is 364 g/mol. The second kappa shape index (κ2) is 6.48. The van der Waals surface area contributed by atoms with Gasteiger partial charge in [-0.25, -0.2) is 0 Å². The SMILES string of the molecule is CC(=O)c1[nH]c(C)c(C(=O)N2CCC3(CC2)C[C@](C)(O)[C@@H](O)CO3)c1C. The molecule has 3 heterocycles. The molecule has 2 aliphatic rings. The van der Waals surface area contributed by atoms with Crippen molar-refractivity contribution >= 4 is 11.7 Å². The highest BCUT2D eigenvalue weighted by molar-refractivity contribution is 6.02. The van der Waals surface area contributed by atoms with Crippen LogP contribution in [0.3, 0.4) is 0 Å². The normalized spacial score (nSPS) is 28.4. The van der Waals surface area contributed by atoms with Gasteiger partial charge in [-0.3, -0.25) is 9.59 Å². The number of rotatable bonds is 2. The van der Waals surface area contributed by atoms with Gasteiger partial charge >= 0.3 is 0 Å². The van der Waals surface area contributed by atoms with Crippen LogP contribution in [0, 0.1) is 13.8 Å². The van der Waals surface area contributed by atoms with E-state index in [0.717, 1.165) is 0 Å². The largest absolute Gasteiger partial charge is 0.388 e. The molecule has 2 saturated heterocycles. The Balaban J connectivity index is 1.73. The van der Waals surface area contributed by atoms with E-state index in [-0.39, 0.29) is 18.3 Å². The minimum absolute atomic E-state index is 0.0822. The molecule has 1 aromatic rings. The lowest BCUT2D eigenvalue weighted by molar-refractivity contribution is -0.221. The molecule has 1 aromatic heterocycles. The van der Waals surface area contributed by atoms with Crippen molar-refractivity contribution in [3.8, 4) is 0 Å². The van der Waals surface area contributed by atoms with Gasteiger partial charge < -0.3 is 24.8 Å². The molecule has 3 rings (SSSR count). The average molecular weight is 364 g/mol. The molecule has 0 unspecified atom stereocenters. The lowest BCUT2D eigenvalue weighted by Crippen LogP contribution is -2.59. The van der Waals surface area contributed by atoms with Crippen LogP contribution in [-0.2, 0) is 4.74 Å². The molecule has 0 aromatic carbocycles. The van der Waals surface area contributed by atoms with Crippen LogP contribution in [0.25, 0.3) is 0 Å². The van der Waals surface area contributed by atoms with Crippen molar-refractivity contribution in [2.24, 2.45) is 0 Å². The van der Waals surface area contributed by atoms with E-state index < -0.39 is 17.3 Å². The second-order valence-corrected chi connectivity index (χ2v) is 8.02. The van der Waals surface area contributed by atoms with E-state index in [1.165, 1.54) is 6.92 Å². The fraction of sp³-hybridized carbons (Fsp3) is 0.684. The third-order valence-electron chi connectivity index (χ3n) is 5.91. The number of carbonyl (C=O) groups is 2. The molecule has 0 saturated carbocycles. The summed E-state index contributed by atoms with van der Waals surface area (Å²) in [7, 11) is 0. The minimum Gasteiger partial charge on any atom is -0.388 e. The number of hydrogen-bond acceptors (Lipinski definition) is 5. The average Bonchev–Trinajstić information content (AvgIpc) is 2.86. The standard InChI is InChI=1S/C19H28N2O5/c1-11-15(12(2)20-16(11)13(3)22)17(24)21-7-5-19(6-8-21)10-18(4,25)14(23)9-26-19/h14,20,23,25H,5-10H2,1-4H3/t14-,18-/m0/s1. The molecule has 2 atom stereocenters. The number of aliphatic hydroxyl groups is 2. The minimum atomic E-state index is -1.17. The summed E-state index contributed by atoms with van der Waals surface area (Å²) in [5.74, 6) is -0.167. The Morgan fingerprint density at radius 2 is 1.88 bits per heavy atom. The molecule has 2 aliphatic heterocycles. The lowest BCUT2D eigenvalue weighted by Gasteiger charge is -2.49. The van der Waals surface area contributed by atoms with E-state index in [0.29, 0.717) is 54.9 Å². The zero-order valence-corrected chi connectivity index (χ0v) is 15.9. The number of ether oxygens (including phenoxy) is 1. The molecular weight excluding hydrogens is 336 g/mol. The number of H-pyrrole nitrogens is 1. The summed E-state index contributed by atoms with van der Waals surface area (Å²) >= 11 is 0. The molecule has 2 fully saturated rings. The number of aromatic nitrogens is 1. The predicted molar refractivity (Wildman–Crippen MR) is 95.3 cm³/mol. The summed E-state index contributed by atoms with van der Waals surface area (Å²) in [6.45, 7) is 7.86. The van der Waals surface area contributed by atoms with Crippen LogP contribution in [0.4, 0.5) is 0 Å². The van der Waals surface area contributed by atoms with Crippen molar-refractivity contribution in [1.29, 1.82) is 0 Å². The topological polar surface area (TPSA) is 103 Å². The van der Waals surface area contributed by atoms with Crippen LogP contribution in [0.5, 0.6) is 0 Å². The molecule has 3 N–H and O–H groups in total. The Kier molecular flexibility index (Phi) is 4.75. The van der Waals surface area contributed by atoms with Crippen LogP contribution >= 0.6 is 0 Å². The number of aryl methyl sites for hydroxylation is 1. The zero-order valence-electron chi connectivity index (χ0n) is 15.9. The number of ketones is 1. The van der Waals surface area contributed by atoms with Gasteiger partial charge in [0.25, 0.3) is 5.91 Å². The molecular formula is C19H28N2O5. The maximum absolute atomic E-state index is 13.0. The van der Waals surface area contributed by atoms with Crippen LogP contribution in [0.15, 0.2) is 0 Å². The summed E-state index contributed by atoms with van der Waals surface area (Å²) in [6.07, 6.45) is 0.704. The molecule has 144 valence electrons. The van der Waals surface area contributed by atoms with Crippen LogP contribution in [0.2, 0.25) is 0 Å². The van der Waals surface area contributed by atoms with E-state index in [9.17, 15) is 19.8 Å². The van der Waals surface area contributed by atoms with Crippen LogP contribution in [0.1, 0.15) is 65.2 Å². The van der Waals surface area contributed by atoms with Gasteiger partial charge in [0, 0.05) is 32.1 Å². The zero-order chi connectivity index (χ0) is 19.3. The van der Waals surface area contributed by atoms with Gasteiger partial charge in [-0.2, -0.15) is 0 Å². The quantitative estimate of drug-likeness (QED) is 0.687. The number of nitrogens with one attached hydrogen (secondary N) is 1. The predicted octanol–water partition coefficient (Wildman–Crippen LogP) is 1.34. The van der Waals surface area contributed by atoms with Gasteiger partial charge in [-0.1, -0.05) is 0 Å². The van der Waals surface area contributed by atoms with Gasteiger partial charge in [0.05, 0.1) is 29.1 Å². The Labute approximate surface area is 153 Å². The maximum atomic E-state index is 13.0. The summed E-state index contributed by atoms with van der Waals surface area (Å²) in [6, 6.07) is 0. The van der Waals surface area contributed by atoms with Gasteiger partial charge in [0.15, 0.2) is 5.78 Å². The first-order valence-electron chi connectivity index (χ1n) is 9.10. The Morgan fingerprint density at radius 1 is 1.27 bits per heavy atom. The second-order valence-electron chi connectivity index (χ2n) is 8.02. The van der Waals surface area contributed by atoms with Gasteiger partial charge in [-0.05, 0) is 39.2 Å². The molecule has 7 heteroatoms. The number of nitrogens with zero attached hydrogens (tertiary/aromatic N) is 1. The number of aromatic amines is 1. The summed E-state index contributed by atoms with van der Waals surface area (Å²) in [4.78, 5) is 29.5. The Morgan fingerprint density at radius 3 is 2.38 bits per heavy atom. The molecule has 1 amide bonds. The third-order valence-corrected chi connectivity index (χ3v) is 5.91. The fourth-order valence-corrected chi connectivity index (χ4v) is 4.28. The number of amides is 1. The number of aliphatic hydroxyl groups excluding tert-OH is 1. The van der Waals surface area contributed by atoms with Crippen molar-refractivity contribution in [3.05, 3.63) is 22.5 Å². The third kappa shape index (κ3) is 3.19. The van der Waals surface area contributed by atoms with Crippen LogP contribution in [-0.4, -0.2) is 68.8 Å². The van der Waals surface area contributed by atoms with E-state index in [1.807, 2.05) is 0 Å². The van der Waals surface area contributed by atoms with E-state index in [2.05, 4.69) is 4.98 Å². The summed E-state index contributed by atoms with van der Waals surface area (Å²) < 4.78 is 5.87. The molecule has 26 heavy (non-hydrogen) atoms. The number of Topliss-reactive ketones (excluding diaryl/α,β-unsaturated/α-hetero) is 1. The smallest absolute Gasteiger partial charge is 0.255 e. The maximum Gasteiger partial charge on any atom is 0.255 e. The van der Waals surface area contributed by atoms with Crippen molar-refractivity contribution in [2.75, 3.05) is 19.7 Å². The first-order chi connectivity index (χ1) is 12.1. The Hall–Kier alpha value is -1.70. The molecule has 1 spiro atoms. The molecule has 7 nitrogen and oxygen atoms in total. The highest BCUT2D eigenvalue weighted by Crippen LogP contribution is 2.40. The number of likely N-dealkylation sites (tertiary alicyclic amines) is 1. The number of piperidine rings is 1. The van der Waals surface area contributed by atoms with Crippen molar-refractivity contribution in [1.82, 2.24) is 9.88 Å². The van der Waals surface area contributed by atoms with Gasteiger partial charge in [0.1, 0.15) is 6.10 Å². The van der Waals surface area contributed by atoms with E-state index in [4.69, 9.17) is 4.74 Å². The highest BCUT2D eigenvalue weighted by Gasteiger charge is 2.49. The highest BCUT2D eigenvalue weighted by atomic mass is 16.5. The number of hydrogen-bond donors (Lipinski definition) is 3. The van der Waals surface area contributed by atoms with Crippen molar-refractivity contribution < 1.29 is 24.5 Å². The van der Waals surface area contributed by atoms with Crippen molar-refractivity contribution in [2.45, 2.75) is 64.3 Å². The number of carbonyl (C=O) groups excluding carboxylic acids is 2. The lowest BCUT2D eigenvalue weighted by atomic mass is 9.76. The van der Waals surface area contributed by atoms with Crippen molar-refractivity contribution in [3.63, 3.8) is 0 Å². The van der Waals surface area contributed by atoms with E-state index in [1.54, 1.807) is 25.7 Å². The Bertz CT molecular complexity index is 729. The molecule has 0 radical (unpaired) electrons. The van der Waals surface area contributed by atoms with Gasteiger partial charge in [-0.15, -0.1) is 0 Å². The first-order valence-corrected chi connectivity index (χ1v) is 9.10. The summed E-state index contributed by atoms with van der Waals surface area (Å²) in [5.41, 5.74) is 0.789. The van der Waals surface area contributed by atoms with E-state index >= 15 is 0 Å². The summed E-state index contributed by atoms with van der Waals surface area (Å²) in [5, 5.41) is 20.3. The fourth-order valence-electron chi connectivity index (χ4n) is 4.28. The first kappa shape index (κ1) is 19.1. The molecule has 0 aliphatic carbocycles. The molecule has 0 bridgehead atoms. The van der Waals surface area contributed by atoms with Crippen LogP contribution < -0.4 is 0 Å².